The molecule has 304 valence electrons. The van der Waals surface area contributed by atoms with Gasteiger partial charge in [0.25, 0.3) is 0 Å². The van der Waals surface area contributed by atoms with Crippen LogP contribution in [-0.4, -0.2) is 102 Å². The minimum Gasteiger partial charge on any atom is -0.491 e. The number of aromatic nitrogens is 4. The Morgan fingerprint density at radius 2 is 0.638 bits per heavy atom. The third kappa shape index (κ3) is 14.6. The zero-order valence-electron chi connectivity index (χ0n) is 33.1. The summed E-state index contributed by atoms with van der Waals surface area (Å²) in [5, 5.41) is 1.97. The van der Waals surface area contributed by atoms with Crippen LogP contribution in [0.3, 0.4) is 0 Å². The van der Waals surface area contributed by atoms with Crippen molar-refractivity contribution in [2.75, 3.05) is 92.5 Å². The molecule has 0 radical (unpaired) electrons. The molecule has 0 atom stereocenters. The van der Waals surface area contributed by atoms with Gasteiger partial charge in [-0.1, -0.05) is 24.3 Å². The molecule has 0 bridgehead atoms. The van der Waals surface area contributed by atoms with Crippen molar-refractivity contribution in [3.05, 3.63) is 135 Å². The second-order valence-electron chi connectivity index (χ2n) is 13.1. The Bertz CT molecular complexity index is 1860. The number of fused-ring (bicyclic) bond motifs is 1. The molecule has 6 aromatic rings. The van der Waals surface area contributed by atoms with Gasteiger partial charge in [-0.15, -0.1) is 0 Å². The number of hydrogen-bond acceptors (Lipinski definition) is 10. The predicted octanol–water partition coefficient (Wildman–Crippen LogP) is 5.80. The van der Waals surface area contributed by atoms with Gasteiger partial charge in [0.1, 0.15) is 37.9 Å². The largest absolute Gasteiger partial charge is 0.491 e. The number of ether oxygens (including phenoxy) is 8. The van der Waals surface area contributed by atoms with E-state index in [4.69, 9.17) is 37.9 Å². The summed E-state index contributed by atoms with van der Waals surface area (Å²) in [6.07, 6.45) is 15.5. The van der Waals surface area contributed by atoms with Gasteiger partial charge in [0.2, 0.25) is 0 Å². The first-order valence-corrected chi connectivity index (χ1v) is 19.9. The van der Waals surface area contributed by atoms with Gasteiger partial charge < -0.3 is 37.9 Å². The Morgan fingerprint density at radius 3 is 1.00 bits per heavy atom. The fourth-order valence-corrected chi connectivity index (χ4v) is 6.04. The van der Waals surface area contributed by atoms with Crippen LogP contribution in [0.25, 0.3) is 33.0 Å². The van der Waals surface area contributed by atoms with Crippen molar-refractivity contribution in [1.82, 2.24) is 9.97 Å². The van der Waals surface area contributed by atoms with E-state index in [9.17, 15) is 0 Å². The van der Waals surface area contributed by atoms with E-state index in [0.29, 0.717) is 92.5 Å². The maximum absolute atomic E-state index is 6.07. The molecule has 0 unspecified atom stereocenters. The monoisotopic (exact) mass is 790 g/mol. The molecule has 0 spiro atoms. The molecule has 0 saturated carbocycles. The average Bonchev–Trinajstić information content (AvgIpc) is 3.28. The Kier molecular flexibility index (Phi) is 18.3. The molecule has 0 aliphatic rings. The van der Waals surface area contributed by atoms with Gasteiger partial charge in [-0.05, 0) is 58.7 Å². The molecule has 4 heterocycles. The van der Waals surface area contributed by atoms with E-state index in [1.54, 1.807) is 24.8 Å². The molecule has 12 heteroatoms. The van der Waals surface area contributed by atoms with Crippen LogP contribution in [0.2, 0.25) is 0 Å². The molecule has 58 heavy (non-hydrogen) atoms. The summed E-state index contributed by atoms with van der Waals surface area (Å²) in [6, 6.07) is 28.3. The zero-order chi connectivity index (χ0) is 39.7. The Hall–Kier alpha value is -5.34. The first-order chi connectivity index (χ1) is 28.8. The number of benzene rings is 2. The minimum atomic E-state index is 0.429. The fourth-order valence-electron chi connectivity index (χ4n) is 6.04. The molecule has 0 amide bonds. The Morgan fingerprint density at radius 1 is 0.328 bits per heavy atom. The summed E-state index contributed by atoms with van der Waals surface area (Å²) in [6.45, 7) is 8.67. The van der Waals surface area contributed by atoms with Gasteiger partial charge >= 0.3 is 0 Å². The molecule has 6 rings (SSSR count). The third-order valence-corrected chi connectivity index (χ3v) is 9.10. The highest BCUT2D eigenvalue weighted by molar-refractivity contribution is 5.93. The lowest BCUT2D eigenvalue weighted by atomic mass is 10.1. The van der Waals surface area contributed by atoms with Crippen LogP contribution in [0, 0.1) is 0 Å². The average molecular weight is 791 g/mol. The Balaban J connectivity index is 0.738. The summed E-state index contributed by atoms with van der Waals surface area (Å²) >= 11 is 0. The summed E-state index contributed by atoms with van der Waals surface area (Å²) < 4.78 is 50.5. The zero-order valence-corrected chi connectivity index (χ0v) is 33.1. The second-order valence-corrected chi connectivity index (χ2v) is 13.1. The topological polar surface area (TPSA) is 107 Å². The molecule has 0 saturated heterocycles. The molecule has 4 aromatic heterocycles. The normalized spacial score (nSPS) is 11.2. The molecule has 12 nitrogen and oxygen atoms in total. The van der Waals surface area contributed by atoms with Crippen LogP contribution in [0.1, 0.15) is 0 Å². The number of nitrogens with zero attached hydrogens (tertiary/aromatic N) is 4. The van der Waals surface area contributed by atoms with Crippen LogP contribution in [0.15, 0.2) is 135 Å². The van der Waals surface area contributed by atoms with Crippen LogP contribution in [0.4, 0.5) is 0 Å². The fraction of sp³-hybridized carbons (Fsp3) is 0.348. The standard InChI is InChI=1S/C46H54N4O8/c1-3-43-44(45(5-1)57-37-35-55-33-31-53-29-27-51-25-23-49-19-11-41(12-20-49)39-7-15-47-16-8-39)4-2-6-46(43)58-38-36-56-34-32-54-30-28-52-26-24-50-21-13-42(14-22-50)40-9-17-48-18-10-40/h1-22H,23-38H2/q+2. The summed E-state index contributed by atoms with van der Waals surface area (Å²) in [5.41, 5.74) is 4.63. The summed E-state index contributed by atoms with van der Waals surface area (Å²) in [4.78, 5) is 8.15. The van der Waals surface area contributed by atoms with Crippen LogP contribution < -0.4 is 18.6 Å². The van der Waals surface area contributed by atoms with Crippen LogP contribution >= 0.6 is 0 Å². The lowest BCUT2D eigenvalue weighted by Gasteiger charge is -2.13. The van der Waals surface area contributed by atoms with E-state index in [0.717, 1.165) is 57.6 Å². The Labute approximate surface area is 340 Å². The number of hydrogen-bond donors (Lipinski definition) is 0. The highest BCUT2D eigenvalue weighted by atomic mass is 16.6. The molecular formula is C46H54N4O8+2. The van der Waals surface area contributed by atoms with E-state index in [-0.39, 0.29) is 0 Å². The third-order valence-electron chi connectivity index (χ3n) is 9.10. The van der Waals surface area contributed by atoms with E-state index in [1.807, 2.05) is 60.7 Å². The predicted molar refractivity (Wildman–Crippen MR) is 220 cm³/mol. The molecule has 2 aromatic carbocycles. The van der Waals surface area contributed by atoms with Crippen LogP contribution in [-0.2, 0) is 41.5 Å². The number of rotatable bonds is 28. The van der Waals surface area contributed by atoms with E-state index in [2.05, 4.69) is 68.2 Å². The lowest BCUT2D eigenvalue weighted by molar-refractivity contribution is -0.698. The molecule has 0 fully saturated rings. The van der Waals surface area contributed by atoms with Gasteiger partial charge in [-0.3, -0.25) is 9.97 Å². The van der Waals surface area contributed by atoms with Crippen molar-refractivity contribution in [2.45, 2.75) is 13.1 Å². The second kappa shape index (κ2) is 25.1. The van der Waals surface area contributed by atoms with Gasteiger partial charge in [0.15, 0.2) is 37.9 Å². The lowest BCUT2D eigenvalue weighted by Crippen LogP contribution is -2.35. The molecular weight excluding hydrogens is 737 g/mol. The van der Waals surface area contributed by atoms with E-state index >= 15 is 0 Å². The summed E-state index contributed by atoms with van der Waals surface area (Å²) in [5.74, 6) is 1.57. The van der Waals surface area contributed by atoms with Crippen molar-refractivity contribution in [1.29, 1.82) is 0 Å². The quantitative estimate of drug-likeness (QED) is 0.0448. The van der Waals surface area contributed by atoms with Gasteiger partial charge in [-0.25, -0.2) is 9.13 Å². The van der Waals surface area contributed by atoms with Crippen LogP contribution in [0.5, 0.6) is 11.5 Å². The van der Waals surface area contributed by atoms with Gasteiger partial charge in [0, 0.05) is 59.8 Å². The minimum absolute atomic E-state index is 0.429. The van der Waals surface area contributed by atoms with Crippen molar-refractivity contribution >= 4 is 10.8 Å². The molecule has 0 N–H and O–H groups in total. The molecule has 0 aliphatic carbocycles. The highest BCUT2D eigenvalue weighted by Gasteiger charge is 2.08. The first-order valence-electron chi connectivity index (χ1n) is 19.9. The van der Waals surface area contributed by atoms with Gasteiger partial charge in [0.05, 0.1) is 66.1 Å². The molecule has 0 aliphatic heterocycles. The van der Waals surface area contributed by atoms with E-state index in [1.165, 1.54) is 0 Å². The first kappa shape index (κ1) is 42.3. The van der Waals surface area contributed by atoms with Crippen molar-refractivity contribution in [3.8, 4) is 33.8 Å². The smallest absolute Gasteiger partial charge is 0.171 e. The maximum atomic E-state index is 6.07. The van der Waals surface area contributed by atoms with Crippen molar-refractivity contribution in [3.63, 3.8) is 0 Å². The van der Waals surface area contributed by atoms with Crippen molar-refractivity contribution < 1.29 is 47.0 Å². The number of pyridine rings is 4. The van der Waals surface area contributed by atoms with Gasteiger partial charge in [-0.2, -0.15) is 0 Å². The van der Waals surface area contributed by atoms with E-state index < -0.39 is 0 Å². The highest BCUT2D eigenvalue weighted by Crippen LogP contribution is 2.32. The van der Waals surface area contributed by atoms with Crippen molar-refractivity contribution in [2.24, 2.45) is 0 Å². The SMILES string of the molecule is c1cc(OCCOCCOCCOCC[n+]2ccc(-c3ccncc3)cc2)c2cccc(OCCOCCOCCOCC[n+]3ccc(-c4ccncc4)cc3)c2c1. The maximum Gasteiger partial charge on any atom is 0.171 e. The summed E-state index contributed by atoms with van der Waals surface area (Å²) in [7, 11) is 0.